The molecule has 0 aromatic rings. The molecule has 0 saturated carbocycles. The Balaban J connectivity index is 1.62. The van der Waals surface area contributed by atoms with Crippen molar-refractivity contribution in [2.24, 2.45) is 4.99 Å². The molecule has 2 fully saturated rings. The highest BCUT2D eigenvalue weighted by Gasteiger charge is 2.23. The number of aliphatic imine (C=N–C) groups is 1. The van der Waals surface area contributed by atoms with Gasteiger partial charge in [0.25, 0.3) is 0 Å². The summed E-state index contributed by atoms with van der Waals surface area (Å²) in [6.07, 6.45) is 10.3. The third-order valence-corrected chi connectivity index (χ3v) is 4.81. The molecule has 1 unspecified atom stereocenters. The second-order valence-corrected chi connectivity index (χ2v) is 6.69. The van der Waals surface area contributed by atoms with Gasteiger partial charge in [0.15, 0.2) is 5.96 Å². The normalized spacial score (nSPS) is 24.0. The Kier molecular flexibility index (Phi) is 8.76. The van der Waals surface area contributed by atoms with Crippen LogP contribution in [-0.4, -0.2) is 63.0 Å². The maximum absolute atomic E-state index is 6.09. The molecule has 0 bridgehead atoms. The molecule has 0 aliphatic carbocycles. The van der Waals surface area contributed by atoms with E-state index in [1.807, 2.05) is 7.05 Å². The van der Waals surface area contributed by atoms with Crippen LogP contribution < -0.4 is 5.32 Å². The van der Waals surface area contributed by atoms with Gasteiger partial charge in [-0.05, 0) is 38.5 Å². The fourth-order valence-electron chi connectivity index (χ4n) is 3.32. The minimum atomic E-state index is 0.328. The van der Waals surface area contributed by atoms with E-state index in [1.165, 1.54) is 32.1 Å². The van der Waals surface area contributed by atoms with Crippen LogP contribution in [0.2, 0.25) is 0 Å². The zero-order chi connectivity index (χ0) is 16.3. The second kappa shape index (κ2) is 10.9. The summed E-state index contributed by atoms with van der Waals surface area (Å²) in [5.74, 6) is 1.05. The van der Waals surface area contributed by atoms with Crippen molar-refractivity contribution in [3.8, 4) is 0 Å². The Morgan fingerprint density at radius 1 is 1.22 bits per heavy atom. The van der Waals surface area contributed by atoms with Crippen LogP contribution in [-0.2, 0) is 9.47 Å². The first-order chi connectivity index (χ1) is 11.3. The first-order valence-electron chi connectivity index (χ1n) is 9.52. The van der Waals surface area contributed by atoms with Crippen molar-refractivity contribution < 1.29 is 9.47 Å². The average molecular weight is 325 g/mol. The number of nitrogens with zero attached hydrogens (tertiary/aromatic N) is 2. The number of unbranched alkanes of at least 4 members (excludes halogenated alkanes) is 2. The zero-order valence-electron chi connectivity index (χ0n) is 15.1. The van der Waals surface area contributed by atoms with Crippen molar-refractivity contribution in [2.75, 3.05) is 39.9 Å². The van der Waals surface area contributed by atoms with Gasteiger partial charge in [-0.2, -0.15) is 0 Å². The molecule has 0 spiro atoms. The number of piperidine rings is 1. The summed E-state index contributed by atoms with van der Waals surface area (Å²) in [6, 6.07) is 0. The van der Waals surface area contributed by atoms with Gasteiger partial charge < -0.3 is 19.7 Å². The van der Waals surface area contributed by atoms with Crippen molar-refractivity contribution in [2.45, 2.75) is 70.5 Å². The highest BCUT2D eigenvalue weighted by molar-refractivity contribution is 5.79. The lowest BCUT2D eigenvalue weighted by atomic mass is 10.1. The summed E-state index contributed by atoms with van der Waals surface area (Å²) in [6.45, 7) is 7.00. The number of hydrogen-bond acceptors (Lipinski definition) is 3. The summed E-state index contributed by atoms with van der Waals surface area (Å²) >= 11 is 0. The van der Waals surface area contributed by atoms with Crippen molar-refractivity contribution in [3.63, 3.8) is 0 Å². The molecule has 1 N–H and O–H groups in total. The quantitative estimate of drug-likeness (QED) is 0.444. The summed E-state index contributed by atoms with van der Waals surface area (Å²) in [4.78, 5) is 6.79. The molecule has 5 nitrogen and oxygen atoms in total. The summed E-state index contributed by atoms with van der Waals surface area (Å²) < 4.78 is 11.8. The topological polar surface area (TPSA) is 46.1 Å². The third kappa shape index (κ3) is 6.68. The van der Waals surface area contributed by atoms with E-state index in [2.05, 4.69) is 22.1 Å². The first-order valence-corrected chi connectivity index (χ1v) is 9.52. The monoisotopic (exact) mass is 325 g/mol. The minimum Gasteiger partial charge on any atom is -0.376 e. The predicted octanol–water partition coefficient (Wildman–Crippen LogP) is 2.80. The zero-order valence-corrected chi connectivity index (χ0v) is 15.1. The lowest BCUT2D eigenvalue weighted by Gasteiger charge is -2.35. The van der Waals surface area contributed by atoms with Crippen LogP contribution in [0.3, 0.4) is 0 Å². The molecule has 0 amide bonds. The number of hydrogen-bond donors (Lipinski definition) is 1. The van der Waals surface area contributed by atoms with Gasteiger partial charge in [0.2, 0.25) is 0 Å². The molecule has 1 atom stereocenters. The lowest BCUT2D eigenvalue weighted by molar-refractivity contribution is -0.0721. The van der Waals surface area contributed by atoms with Crippen LogP contribution in [0.25, 0.3) is 0 Å². The number of ether oxygens (including phenoxy) is 2. The molecular weight excluding hydrogens is 290 g/mol. The molecule has 2 aliphatic rings. The van der Waals surface area contributed by atoms with Crippen LogP contribution >= 0.6 is 0 Å². The molecule has 134 valence electrons. The number of likely N-dealkylation sites (tertiary alicyclic amines) is 1. The van der Waals surface area contributed by atoms with E-state index in [9.17, 15) is 0 Å². The molecule has 2 aliphatic heterocycles. The Bertz CT molecular complexity index is 335. The van der Waals surface area contributed by atoms with Crippen LogP contribution in [0.1, 0.15) is 58.3 Å². The molecular formula is C18H35N3O2. The smallest absolute Gasteiger partial charge is 0.193 e. The molecule has 5 heteroatoms. The van der Waals surface area contributed by atoms with Crippen LogP contribution in [0.15, 0.2) is 4.99 Å². The van der Waals surface area contributed by atoms with E-state index in [-0.39, 0.29) is 0 Å². The summed E-state index contributed by atoms with van der Waals surface area (Å²) in [5, 5.41) is 3.49. The van der Waals surface area contributed by atoms with Gasteiger partial charge in [-0.25, -0.2) is 0 Å². The largest absolute Gasteiger partial charge is 0.376 e. The van der Waals surface area contributed by atoms with E-state index >= 15 is 0 Å². The van der Waals surface area contributed by atoms with E-state index in [0.717, 1.165) is 58.1 Å². The first kappa shape index (κ1) is 18.5. The highest BCUT2D eigenvalue weighted by atomic mass is 16.5. The third-order valence-electron chi connectivity index (χ3n) is 4.81. The number of rotatable bonds is 7. The molecule has 2 rings (SSSR count). The van der Waals surface area contributed by atoms with Crippen molar-refractivity contribution in [1.82, 2.24) is 10.2 Å². The Morgan fingerprint density at radius 2 is 2.04 bits per heavy atom. The maximum atomic E-state index is 6.09. The van der Waals surface area contributed by atoms with Gasteiger partial charge in [0.05, 0.1) is 18.8 Å². The lowest BCUT2D eigenvalue weighted by Crippen LogP contribution is -2.47. The Morgan fingerprint density at radius 3 is 2.70 bits per heavy atom. The van der Waals surface area contributed by atoms with E-state index in [0.29, 0.717) is 12.2 Å². The molecule has 2 heterocycles. The van der Waals surface area contributed by atoms with Gasteiger partial charge >= 0.3 is 0 Å². The summed E-state index contributed by atoms with van der Waals surface area (Å²) in [5.41, 5.74) is 0. The second-order valence-electron chi connectivity index (χ2n) is 6.69. The van der Waals surface area contributed by atoms with Crippen molar-refractivity contribution in [3.05, 3.63) is 0 Å². The van der Waals surface area contributed by atoms with Crippen molar-refractivity contribution in [1.29, 1.82) is 0 Å². The van der Waals surface area contributed by atoms with Gasteiger partial charge in [0, 0.05) is 33.3 Å². The van der Waals surface area contributed by atoms with Crippen molar-refractivity contribution >= 4 is 5.96 Å². The van der Waals surface area contributed by atoms with Crippen LogP contribution in [0, 0.1) is 0 Å². The van der Waals surface area contributed by atoms with Crippen LogP contribution in [0.5, 0.6) is 0 Å². The SMILES string of the molecule is CCCCCNC(=NC)N1CCC(OCC2CCCCO2)CC1. The van der Waals surface area contributed by atoms with E-state index < -0.39 is 0 Å². The summed E-state index contributed by atoms with van der Waals surface area (Å²) in [7, 11) is 1.88. The molecule has 0 aromatic heterocycles. The Labute approximate surface area is 141 Å². The van der Waals surface area contributed by atoms with Crippen LogP contribution in [0.4, 0.5) is 0 Å². The molecule has 0 radical (unpaired) electrons. The molecule has 2 saturated heterocycles. The highest BCUT2D eigenvalue weighted by Crippen LogP contribution is 2.17. The maximum Gasteiger partial charge on any atom is 0.193 e. The van der Waals surface area contributed by atoms with E-state index in [1.54, 1.807) is 0 Å². The molecule has 0 aromatic carbocycles. The van der Waals surface area contributed by atoms with E-state index in [4.69, 9.17) is 9.47 Å². The number of nitrogens with one attached hydrogen (secondary N) is 1. The number of guanidine groups is 1. The average Bonchev–Trinajstić information content (AvgIpc) is 2.62. The fraction of sp³-hybridized carbons (Fsp3) is 0.944. The van der Waals surface area contributed by atoms with Gasteiger partial charge in [-0.15, -0.1) is 0 Å². The minimum absolute atomic E-state index is 0.328. The fourth-order valence-corrected chi connectivity index (χ4v) is 3.32. The standard InChI is InChI=1S/C18H35N3O2/c1-3-4-6-11-20-18(19-2)21-12-9-16(10-13-21)23-15-17-8-5-7-14-22-17/h16-17H,3-15H2,1-2H3,(H,19,20). The van der Waals surface area contributed by atoms with Gasteiger partial charge in [-0.1, -0.05) is 19.8 Å². The van der Waals surface area contributed by atoms with Gasteiger partial charge in [-0.3, -0.25) is 4.99 Å². The van der Waals surface area contributed by atoms with Gasteiger partial charge in [0.1, 0.15) is 0 Å². The Hall–Kier alpha value is -0.810. The predicted molar refractivity (Wildman–Crippen MR) is 95.0 cm³/mol. The molecule has 23 heavy (non-hydrogen) atoms.